The first kappa shape index (κ1) is 26.3. The molecule has 0 amide bonds. The van der Waals surface area contributed by atoms with Crippen LogP contribution in [0.4, 0.5) is 0 Å². The number of hydrogen-bond donors (Lipinski definition) is 5. The van der Waals surface area contributed by atoms with E-state index in [2.05, 4.69) is 146 Å². The molecule has 0 spiro atoms. The number of aromatic nitrogens is 5. The second-order valence-electron chi connectivity index (χ2n) is 15.9. The molecule has 0 saturated carbocycles. The molecule has 11 aromatic carbocycles. The molecule has 0 aliphatic carbocycles. The van der Waals surface area contributed by atoms with Gasteiger partial charge >= 0.3 is 0 Å². The van der Waals surface area contributed by atoms with Crippen LogP contribution in [-0.4, -0.2) is 24.9 Å². The zero-order valence-electron chi connectivity index (χ0n) is 29.0. The summed E-state index contributed by atoms with van der Waals surface area (Å²) < 4.78 is 0. The molecule has 0 fully saturated rings. The minimum atomic E-state index is 1.19. The van der Waals surface area contributed by atoms with Gasteiger partial charge in [0.1, 0.15) is 0 Å². The van der Waals surface area contributed by atoms with Gasteiger partial charge in [-0.2, -0.15) is 0 Å². The summed E-state index contributed by atoms with van der Waals surface area (Å²) in [7, 11) is 0. The lowest BCUT2D eigenvalue weighted by molar-refractivity contribution is 1.56. The van der Waals surface area contributed by atoms with Crippen LogP contribution in [0.15, 0.2) is 121 Å². The molecular weight excluding hydrogens is 671 g/mol. The molecule has 0 radical (unpaired) electrons. The molecule has 0 unspecified atom stereocenters. The molecule has 5 N–H and O–H groups in total. The molecule has 0 aliphatic rings. The summed E-state index contributed by atoms with van der Waals surface area (Å²) in [6.45, 7) is 0. The van der Waals surface area contributed by atoms with E-state index >= 15 is 0 Å². The van der Waals surface area contributed by atoms with E-state index in [1.54, 1.807) is 0 Å². The Labute approximate surface area is 308 Å². The standard InChI is InChI=1S/C50H25N5/c1-2-12-22-21(11-1)41-31-32-34-36-38-40-39-37-35-33(31)43(51-41)23-13-3-4-14-24(23)45(35)53-47(37)27-17-7-8-18-28(27)49(39)55-50(40)30-20-10-9-19-29(30)48(38)54-46(36)26-16-6-5-15-25(26)44(34)52-42(22)32/h1-20,51-55H. The van der Waals surface area contributed by atoms with Gasteiger partial charge in [-0.05, 0) is 0 Å². The molecule has 5 heteroatoms. The van der Waals surface area contributed by atoms with E-state index in [9.17, 15) is 0 Å². The van der Waals surface area contributed by atoms with Crippen molar-refractivity contribution in [2.75, 3.05) is 0 Å². The highest BCUT2D eigenvalue weighted by Gasteiger charge is 2.30. The number of aromatic amines is 5. The fourth-order valence-corrected chi connectivity index (χ4v) is 11.6. The maximum absolute atomic E-state index is 4.13. The summed E-state index contributed by atoms with van der Waals surface area (Å²) in [5.41, 5.74) is 11.9. The molecule has 0 bridgehead atoms. The lowest BCUT2D eigenvalue weighted by atomic mass is 9.89. The summed E-state index contributed by atoms with van der Waals surface area (Å²) in [6.07, 6.45) is 0. The minimum absolute atomic E-state index is 1.19. The molecule has 0 saturated heterocycles. The first-order valence-corrected chi connectivity index (χ1v) is 19.1. The fraction of sp³-hybridized carbons (Fsp3) is 0. The number of benzene rings is 10. The molecule has 0 aliphatic heterocycles. The number of fused-ring (bicyclic) bond motifs is 15. The third kappa shape index (κ3) is 2.62. The van der Waals surface area contributed by atoms with Crippen LogP contribution in [-0.2, 0) is 0 Å². The van der Waals surface area contributed by atoms with Gasteiger partial charge in [0.25, 0.3) is 0 Å². The van der Waals surface area contributed by atoms with Crippen LogP contribution in [0.1, 0.15) is 0 Å². The van der Waals surface area contributed by atoms with Crippen LogP contribution in [0.25, 0.3) is 163 Å². The normalized spacial score (nSPS) is 13.5. The second-order valence-corrected chi connectivity index (χ2v) is 15.9. The highest BCUT2D eigenvalue weighted by Crippen LogP contribution is 2.56. The smallest absolute Gasteiger partial charge is 0.0552 e. The van der Waals surface area contributed by atoms with Gasteiger partial charge in [0.05, 0.1) is 55.2 Å². The highest BCUT2D eigenvalue weighted by atomic mass is 14.8. The Morgan fingerprint density at radius 2 is 0.273 bits per heavy atom. The minimum Gasteiger partial charge on any atom is -0.353 e. The maximum atomic E-state index is 4.13. The van der Waals surface area contributed by atoms with Crippen molar-refractivity contribution in [3.05, 3.63) is 121 Å². The summed E-state index contributed by atoms with van der Waals surface area (Å²) in [5.74, 6) is 0. The highest BCUT2D eigenvalue weighted by molar-refractivity contribution is 6.54. The lowest BCUT2D eigenvalue weighted by Gasteiger charge is -2.10. The van der Waals surface area contributed by atoms with Crippen molar-refractivity contribution >= 4 is 163 Å². The predicted molar refractivity (Wildman–Crippen MR) is 234 cm³/mol. The Balaban J connectivity index is 1.44. The van der Waals surface area contributed by atoms with Crippen molar-refractivity contribution in [2.45, 2.75) is 0 Å². The fourth-order valence-electron chi connectivity index (χ4n) is 11.6. The van der Waals surface area contributed by atoms with Gasteiger partial charge in [0.2, 0.25) is 0 Å². The van der Waals surface area contributed by atoms with Gasteiger partial charge in [0.15, 0.2) is 0 Å². The lowest BCUT2D eigenvalue weighted by Crippen LogP contribution is -1.83. The molecule has 16 aromatic rings. The number of hydrogen-bond acceptors (Lipinski definition) is 0. The maximum Gasteiger partial charge on any atom is 0.0552 e. The third-order valence-electron chi connectivity index (χ3n) is 13.6. The van der Waals surface area contributed by atoms with Gasteiger partial charge in [-0.25, -0.2) is 0 Å². The zero-order chi connectivity index (χ0) is 35.0. The average Bonchev–Trinajstić information content (AvgIpc) is 4.06. The van der Waals surface area contributed by atoms with Crippen molar-refractivity contribution in [2.24, 2.45) is 0 Å². The molecule has 5 aromatic heterocycles. The van der Waals surface area contributed by atoms with Crippen LogP contribution < -0.4 is 0 Å². The van der Waals surface area contributed by atoms with Crippen molar-refractivity contribution in [1.29, 1.82) is 0 Å². The van der Waals surface area contributed by atoms with E-state index in [4.69, 9.17) is 0 Å². The van der Waals surface area contributed by atoms with E-state index < -0.39 is 0 Å². The van der Waals surface area contributed by atoms with Crippen molar-refractivity contribution in [3.63, 3.8) is 0 Å². The van der Waals surface area contributed by atoms with Crippen molar-refractivity contribution < 1.29 is 0 Å². The number of H-pyrrole nitrogens is 5. The molecule has 250 valence electrons. The largest absolute Gasteiger partial charge is 0.353 e. The Bertz CT molecular complexity index is 3430. The molecule has 5 heterocycles. The first-order valence-electron chi connectivity index (χ1n) is 19.1. The van der Waals surface area contributed by atoms with Crippen molar-refractivity contribution in [3.8, 4) is 0 Å². The third-order valence-corrected chi connectivity index (χ3v) is 13.6. The predicted octanol–water partition coefficient (Wildman–Crippen LogP) is 13.9. The van der Waals surface area contributed by atoms with Crippen LogP contribution in [0.2, 0.25) is 0 Å². The van der Waals surface area contributed by atoms with Gasteiger partial charge < -0.3 is 24.9 Å². The SMILES string of the molecule is c1ccc2c(c1)c1[nH]c3c4ccccc4c4[nH]c5c6ccccc6c6[nH]c7c8ccccc8c8[nH]c9c%10ccccc%10c%10[nH]c2c2c1c3c4c5c6c7c8c9c%102. The summed E-state index contributed by atoms with van der Waals surface area (Å²) >= 11 is 0. The molecule has 5 nitrogen and oxygen atoms in total. The van der Waals surface area contributed by atoms with Crippen LogP contribution in [0.5, 0.6) is 0 Å². The van der Waals surface area contributed by atoms with Crippen molar-refractivity contribution in [1.82, 2.24) is 24.9 Å². The van der Waals surface area contributed by atoms with Crippen LogP contribution >= 0.6 is 0 Å². The Morgan fingerprint density at radius 1 is 0.164 bits per heavy atom. The van der Waals surface area contributed by atoms with E-state index in [1.807, 2.05) is 0 Å². The number of rotatable bonds is 0. The Morgan fingerprint density at radius 3 is 0.382 bits per heavy atom. The van der Waals surface area contributed by atoms with Gasteiger partial charge in [-0.3, -0.25) is 0 Å². The number of nitrogens with one attached hydrogen (secondary N) is 5. The van der Waals surface area contributed by atoms with Gasteiger partial charge in [-0.15, -0.1) is 0 Å². The molecule has 0 atom stereocenters. The average molecular weight is 696 g/mol. The quantitative estimate of drug-likeness (QED) is 0.105. The zero-order valence-corrected chi connectivity index (χ0v) is 29.0. The Hall–Kier alpha value is -7.50. The summed E-state index contributed by atoms with van der Waals surface area (Å²) in [6, 6.07) is 44.8. The van der Waals surface area contributed by atoms with E-state index in [0.29, 0.717) is 0 Å². The van der Waals surface area contributed by atoms with E-state index in [0.717, 1.165) is 0 Å². The second kappa shape index (κ2) is 8.33. The molecule has 16 rings (SSSR count). The summed E-state index contributed by atoms with van der Waals surface area (Å²) in [5, 5.41) is 25.2. The Kier molecular flexibility index (Phi) is 3.98. The first-order chi connectivity index (χ1) is 27.3. The van der Waals surface area contributed by atoms with E-state index in [1.165, 1.54) is 163 Å². The van der Waals surface area contributed by atoms with Gasteiger partial charge in [0, 0.05) is 108 Å². The van der Waals surface area contributed by atoms with Gasteiger partial charge in [-0.1, -0.05) is 121 Å². The summed E-state index contributed by atoms with van der Waals surface area (Å²) in [4.78, 5) is 20.7. The van der Waals surface area contributed by atoms with E-state index in [-0.39, 0.29) is 0 Å². The van der Waals surface area contributed by atoms with Crippen LogP contribution in [0, 0.1) is 0 Å². The molecule has 55 heavy (non-hydrogen) atoms. The topological polar surface area (TPSA) is 78.9 Å². The monoisotopic (exact) mass is 695 g/mol. The van der Waals surface area contributed by atoms with Crippen LogP contribution in [0.3, 0.4) is 0 Å². The molecular formula is C50H25N5.